The van der Waals surface area contributed by atoms with Gasteiger partial charge in [-0.1, -0.05) is 29.3 Å². The maximum atomic E-state index is 12.6. The van der Waals surface area contributed by atoms with Gasteiger partial charge in [-0.3, -0.25) is 4.79 Å². The first kappa shape index (κ1) is 16.1. The van der Waals surface area contributed by atoms with E-state index in [-0.39, 0.29) is 11.9 Å². The largest absolute Gasteiger partial charge is 0.345 e. The number of halogens is 2. The number of tetrazole rings is 1. The molecule has 1 aliphatic rings. The van der Waals surface area contributed by atoms with Gasteiger partial charge in [0.15, 0.2) is 0 Å². The number of rotatable bonds is 3. The van der Waals surface area contributed by atoms with Crippen LogP contribution in [-0.2, 0) is 6.42 Å². The molecule has 0 spiro atoms. The van der Waals surface area contributed by atoms with Crippen molar-refractivity contribution in [2.75, 3.05) is 0 Å². The number of carbonyl (C=O) groups excluding carboxylic acids is 1. The molecule has 2 aromatic carbocycles. The third kappa shape index (κ3) is 3.10. The van der Waals surface area contributed by atoms with E-state index in [0.29, 0.717) is 27.0 Å². The summed E-state index contributed by atoms with van der Waals surface area (Å²) >= 11 is 12.3. The Labute approximate surface area is 153 Å². The lowest BCUT2D eigenvalue weighted by Crippen LogP contribution is -2.27. The van der Waals surface area contributed by atoms with Gasteiger partial charge in [0, 0.05) is 16.1 Å². The lowest BCUT2D eigenvalue weighted by molar-refractivity contribution is 0.0936. The third-order valence-corrected chi connectivity index (χ3v) is 4.86. The summed E-state index contributed by atoms with van der Waals surface area (Å²) in [6.07, 6.45) is 1.78. The normalized spacial score (nSPS) is 15.8. The van der Waals surface area contributed by atoms with Gasteiger partial charge in [-0.05, 0) is 59.5 Å². The van der Waals surface area contributed by atoms with Gasteiger partial charge in [-0.25, -0.2) is 0 Å². The molecule has 1 amide bonds. The molecule has 25 heavy (non-hydrogen) atoms. The Balaban J connectivity index is 1.55. The smallest absolute Gasteiger partial charge is 0.251 e. The first-order valence-corrected chi connectivity index (χ1v) is 8.50. The number of hydrogen-bond donors (Lipinski definition) is 2. The molecule has 0 radical (unpaired) electrons. The van der Waals surface area contributed by atoms with Crippen molar-refractivity contribution >= 4 is 29.1 Å². The number of nitrogens with one attached hydrogen (secondary N) is 2. The fraction of sp³-hybridized carbons (Fsp3) is 0.176. The molecule has 126 valence electrons. The highest BCUT2D eigenvalue weighted by Gasteiger charge is 2.25. The number of hydrogen-bond acceptors (Lipinski definition) is 4. The maximum absolute atomic E-state index is 12.6. The zero-order chi connectivity index (χ0) is 17.4. The number of amides is 1. The molecule has 1 atom stereocenters. The van der Waals surface area contributed by atoms with Crippen LogP contribution in [0, 0.1) is 0 Å². The van der Waals surface area contributed by atoms with Gasteiger partial charge < -0.3 is 5.32 Å². The van der Waals surface area contributed by atoms with Crippen molar-refractivity contribution in [3.63, 3.8) is 0 Å². The summed E-state index contributed by atoms with van der Waals surface area (Å²) in [6.45, 7) is 0. The maximum Gasteiger partial charge on any atom is 0.251 e. The first-order valence-electron chi connectivity index (χ1n) is 7.74. The molecule has 0 saturated carbocycles. The Morgan fingerprint density at radius 2 is 2.08 bits per heavy atom. The number of fused-ring (bicyclic) bond motifs is 1. The molecule has 0 aliphatic heterocycles. The number of carbonyl (C=O) groups is 1. The molecule has 0 saturated heterocycles. The van der Waals surface area contributed by atoms with Gasteiger partial charge in [0.05, 0.1) is 11.1 Å². The summed E-state index contributed by atoms with van der Waals surface area (Å²) in [5.74, 6) is 0.204. The van der Waals surface area contributed by atoms with Crippen molar-refractivity contribution in [3.05, 3.63) is 63.1 Å². The van der Waals surface area contributed by atoms with Crippen LogP contribution in [0.25, 0.3) is 11.4 Å². The van der Waals surface area contributed by atoms with Crippen LogP contribution in [0.15, 0.2) is 36.4 Å². The third-order valence-electron chi connectivity index (χ3n) is 4.31. The second kappa shape index (κ2) is 6.46. The predicted octanol–water partition coefficient (Wildman–Crippen LogP) is 3.59. The number of H-pyrrole nitrogens is 1. The fourth-order valence-electron chi connectivity index (χ4n) is 3.08. The van der Waals surface area contributed by atoms with Crippen molar-refractivity contribution in [3.8, 4) is 11.4 Å². The van der Waals surface area contributed by atoms with Crippen LogP contribution in [-0.4, -0.2) is 26.5 Å². The van der Waals surface area contributed by atoms with Gasteiger partial charge in [-0.2, -0.15) is 5.21 Å². The number of nitrogens with zero attached hydrogens (tertiary/aromatic N) is 3. The van der Waals surface area contributed by atoms with E-state index in [9.17, 15) is 4.79 Å². The zero-order valence-corrected chi connectivity index (χ0v) is 14.5. The summed E-state index contributed by atoms with van der Waals surface area (Å²) < 4.78 is 0. The van der Waals surface area contributed by atoms with Crippen LogP contribution in [0.5, 0.6) is 0 Å². The van der Waals surface area contributed by atoms with E-state index in [0.717, 1.165) is 18.4 Å². The molecule has 0 bridgehead atoms. The molecule has 6 nitrogen and oxygen atoms in total. The fourth-order valence-corrected chi connectivity index (χ4v) is 3.52. The van der Waals surface area contributed by atoms with Crippen molar-refractivity contribution < 1.29 is 4.79 Å². The van der Waals surface area contributed by atoms with Crippen LogP contribution in [0.4, 0.5) is 0 Å². The Morgan fingerprint density at radius 1 is 1.20 bits per heavy atom. The summed E-state index contributed by atoms with van der Waals surface area (Å²) in [4.78, 5) is 12.6. The minimum absolute atomic E-state index is 0.0446. The van der Waals surface area contributed by atoms with E-state index >= 15 is 0 Å². The van der Waals surface area contributed by atoms with E-state index < -0.39 is 0 Å². The van der Waals surface area contributed by atoms with Gasteiger partial charge in [0.2, 0.25) is 5.82 Å². The second-order valence-electron chi connectivity index (χ2n) is 5.84. The van der Waals surface area contributed by atoms with Gasteiger partial charge in [-0.15, -0.1) is 10.2 Å². The van der Waals surface area contributed by atoms with Crippen LogP contribution >= 0.6 is 23.2 Å². The molecule has 3 aromatic rings. The van der Waals surface area contributed by atoms with Crippen LogP contribution < -0.4 is 5.32 Å². The van der Waals surface area contributed by atoms with Crippen LogP contribution in [0.3, 0.4) is 0 Å². The summed E-state index contributed by atoms with van der Waals surface area (Å²) in [5, 5.41) is 17.8. The first-order chi connectivity index (χ1) is 12.1. The van der Waals surface area contributed by atoms with Crippen molar-refractivity contribution in [2.24, 2.45) is 0 Å². The molecule has 2 N–H and O–H groups in total. The SMILES string of the molecule is O=C(NC1CCc2ccc(Cl)cc21)c1ccc(-c2nn[nH]n2)c(Cl)c1. The molecule has 1 unspecified atom stereocenters. The minimum atomic E-state index is -0.181. The molecule has 8 heteroatoms. The van der Waals surface area contributed by atoms with E-state index in [4.69, 9.17) is 23.2 Å². The topological polar surface area (TPSA) is 83.6 Å². The van der Waals surface area contributed by atoms with Gasteiger partial charge >= 0.3 is 0 Å². The molecule has 1 heterocycles. The van der Waals surface area contributed by atoms with Crippen molar-refractivity contribution in [1.82, 2.24) is 25.9 Å². The van der Waals surface area contributed by atoms with Crippen molar-refractivity contribution in [2.45, 2.75) is 18.9 Å². The van der Waals surface area contributed by atoms with E-state index in [1.807, 2.05) is 18.2 Å². The van der Waals surface area contributed by atoms with E-state index in [2.05, 4.69) is 25.9 Å². The number of aryl methyl sites for hydroxylation is 1. The van der Waals surface area contributed by atoms with Gasteiger partial charge in [0.25, 0.3) is 5.91 Å². The highest BCUT2D eigenvalue weighted by molar-refractivity contribution is 6.33. The predicted molar refractivity (Wildman–Crippen MR) is 94.6 cm³/mol. The monoisotopic (exact) mass is 373 g/mol. The van der Waals surface area contributed by atoms with Crippen LogP contribution in [0.2, 0.25) is 10.0 Å². The second-order valence-corrected chi connectivity index (χ2v) is 6.68. The minimum Gasteiger partial charge on any atom is -0.345 e. The highest BCUT2D eigenvalue weighted by atomic mass is 35.5. The Bertz CT molecular complexity index is 942. The Kier molecular flexibility index (Phi) is 4.15. The van der Waals surface area contributed by atoms with Crippen molar-refractivity contribution in [1.29, 1.82) is 0 Å². The summed E-state index contributed by atoms with van der Waals surface area (Å²) in [7, 11) is 0. The molecule has 4 rings (SSSR count). The Hall–Kier alpha value is -2.44. The van der Waals surface area contributed by atoms with Gasteiger partial charge in [0.1, 0.15) is 0 Å². The standard InChI is InChI=1S/C17H13Cl2N5O/c18-11-4-1-9-3-6-15(13(9)8-11)20-17(25)10-2-5-12(14(19)7-10)16-21-23-24-22-16/h1-2,4-5,7-8,15H,3,6H2,(H,20,25)(H,21,22,23,24). The van der Waals surface area contributed by atoms with E-state index in [1.54, 1.807) is 18.2 Å². The number of benzene rings is 2. The average Bonchev–Trinajstić information content (AvgIpc) is 3.25. The average molecular weight is 374 g/mol. The molecular formula is C17H13Cl2N5O. The molecule has 0 fully saturated rings. The number of aromatic nitrogens is 4. The quantitative estimate of drug-likeness (QED) is 0.734. The van der Waals surface area contributed by atoms with E-state index in [1.165, 1.54) is 5.56 Å². The molecule has 1 aliphatic carbocycles. The Morgan fingerprint density at radius 3 is 2.84 bits per heavy atom. The van der Waals surface area contributed by atoms with Crippen LogP contribution in [0.1, 0.15) is 33.9 Å². The lowest BCUT2D eigenvalue weighted by atomic mass is 10.1. The summed E-state index contributed by atoms with van der Waals surface area (Å²) in [6, 6.07) is 10.8. The number of aromatic amines is 1. The lowest BCUT2D eigenvalue weighted by Gasteiger charge is -2.15. The summed E-state index contributed by atoms with van der Waals surface area (Å²) in [5.41, 5.74) is 3.40. The zero-order valence-electron chi connectivity index (χ0n) is 13.0. The molecule has 1 aromatic heterocycles. The highest BCUT2D eigenvalue weighted by Crippen LogP contribution is 2.33. The molecular weight excluding hydrogens is 361 g/mol.